The molecule has 0 radical (unpaired) electrons. The number of pyridine rings is 1. The summed E-state index contributed by atoms with van der Waals surface area (Å²) in [6, 6.07) is 22.9. The smallest absolute Gasteiger partial charge is 0.271 e. The molecule has 2 aromatic carbocycles. The van der Waals surface area contributed by atoms with Gasteiger partial charge in [-0.3, -0.25) is 4.79 Å². The Morgan fingerprint density at radius 2 is 1.79 bits per heavy atom. The third-order valence-corrected chi connectivity index (χ3v) is 6.90. The van der Waals surface area contributed by atoms with Gasteiger partial charge in [0.2, 0.25) is 0 Å². The minimum Gasteiger partial charge on any atom is -0.346 e. The van der Waals surface area contributed by atoms with Crippen LogP contribution in [0.2, 0.25) is 0 Å². The van der Waals surface area contributed by atoms with Gasteiger partial charge in [0, 0.05) is 53.8 Å². The van der Waals surface area contributed by atoms with Crippen LogP contribution in [-0.4, -0.2) is 31.9 Å². The third-order valence-electron chi connectivity index (χ3n) is 6.90. The molecule has 0 aliphatic carbocycles. The van der Waals surface area contributed by atoms with Crippen molar-refractivity contribution in [1.29, 1.82) is 0 Å². The molecule has 34 heavy (non-hydrogen) atoms. The van der Waals surface area contributed by atoms with Crippen LogP contribution in [0, 0.1) is 6.92 Å². The molecule has 6 rings (SSSR count). The highest BCUT2D eigenvalue weighted by Gasteiger charge is 2.30. The van der Waals surface area contributed by atoms with Gasteiger partial charge >= 0.3 is 0 Å². The Bertz CT molecular complexity index is 1510. The van der Waals surface area contributed by atoms with Gasteiger partial charge in [-0.1, -0.05) is 60.2 Å². The van der Waals surface area contributed by atoms with E-state index >= 15 is 0 Å². The lowest BCUT2D eigenvalue weighted by molar-refractivity contribution is 0.0632. The van der Waals surface area contributed by atoms with Crippen LogP contribution in [0.1, 0.15) is 34.6 Å². The van der Waals surface area contributed by atoms with E-state index in [0.717, 1.165) is 45.5 Å². The highest BCUT2D eigenvalue weighted by Crippen LogP contribution is 2.34. The molecular weight excluding hydrogens is 420 g/mol. The number of H-pyrrole nitrogens is 1. The molecule has 168 valence electrons. The summed E-state index contributed by atoms with van der Waals surface area (Å²) >= 11 is 0. The van der Waals surface area contributed by atoms with Gasteiger partial charge < -0.3 is 14.5 Å². The average molecular weight is 447 g/mol. The molecule has 1 aliphatic rings. The quantitative estimate of drug-likeness (QED) is 0.356. The Labute approximate surface area is 198 Å². The van der Waals surface area contributed by atoms with Gasteiger partial charge in [0.25, 0.3) is 5.91 Å². The molecule has 0 fully saturated rings. The summed E-state index contributed by atoms with van der Waals surface area (Å²) in [7, 11) is 0. The first-order valence-electron chi connectivity index (χ1n) is 11.7. The van der Waals surface area contributed by atoms with Gasteiger partial charge in [-0.05, 0) is 37.1 Å². The van der Waals surface area contributed by atoms with Crippen LogP contribution in [0.3, 0.4) is 0 Å². The first-order chi connectivity index (χ1) is 16.6. The molecular formula is C29H26N4O. The van der Waals surface area contributed by atoms with E-state index in [2.05, 4.69) is 77.0 Å². The molecule has 0 spiro atoms. The van der Waals surface area contributed by atoms with Gasteiger partial charge in [0.1, 0.15) is 11.3 Å². The van der Waals surface area contributed by atoms with Crippen molar-refractivity contribution in [2.45, 2.75) is 26.4 Å². The second-order valence-corrected chi connectivity index (χ2v) is 9.08. The van der Waals surface area contributed by atoms with Crippen LogP contribution < -0.4 is 0 Å². The molecule has 0 unspecified atom stereocenters. The van der Waals surface area contributed by atoms with Crippen LogP contribution in [0.5, 0.6) is 0 Å². The number of aromatic amines is 1. The predicted molar refractivity (Wildman–Crippen MR) is 136 cm³/mol. The van der Waals surface area contributed by atoms with E-state index in [1.54, 1.807) is 0 Å². The fraction of sp³-hybridized carbons (Fsp3) is 0.172. The van der Waals surface area contributed by atoms with Crippen molar-refractivity contribution in [3.63, 3.8) is 0 Å². The second-order valence-electron chi connectivity index (χ2n) is 9.08. The minimum atomic E-state index is 0.0326. The lowest BCUT2D eigenvalue weighted by Gasteiger charge is -2.33. The highest BCUT2D eigenvalue weighted by atomic mass is 16.2. The number of nitrogens with one attached hydrogen (secondary N) is 1. The predicted octanol–water partition coefficient (Wildman–Crippen LogP) is 6.22. The molecule has 3 aromatic heterocycles. The molecule has 4 heterocycles. The maximum atomic E-state index is 13.5. The monoisotopic (exact) mass is 446 g/mol. The van der Waals surface area contributed by atoms with Gasteiger partial charge in [0.15, 0.2) is 0 Å². The number of rotatable bonds is 4. The van der Waals surface area contributed by atoms with Gasteiger partial charge in [-0.25, -0.2) is 4.98 Å². The van der Waals surface area contributed by atoms with Gasteiger partial charge in [-0.15, -0.1) is 0 Å². The Hall–Kier alpha value is -4.12. The molecule has 5 aromatic rings. The molecule has 1 N–H and O–H groups in total. The fourth-order valence-electron chi connectivity index (χ4n) is 5.00. The van der Waals surface area contributed by atoms with E-state index in [0.29, 0.717) is 6.54 Å². The lowest BCUT2D eigenvalue weighted by atomic mass is 10.0. The van der Waals surface area contributed by atoms with E-state index in [1.807, 2.05) is 41.6 Å². The number of amides is 1. The van der Waals surface area contributed by atoms with E-state index in [-0.39, 0.29) is 11.9 Å². The molecule has 0 saturated carbocycles. The molecule has 0 bridgehead atoms. The zero-order valence-electron chi connectivity index (χ0n) is 19.3. The maximum absolute atomic E-state index is 13.5. The average Bonchev–Trinajstić information content (AvgIpc) is 3.48. The van der Waals surface area contributed by atoms with E-state index in [4.69, 9.17) is 0 Å². The van der Waals surface area contributed by atoms with Crippen LogP contribution in [0.25, 0.3) is 33.3 Å². The Kier molecular flexibility index (Phi) is 4.84. The van der Waals surface area contributed by atoms with Crippen molar-refractivity contribution >= 4 is 16.9 Å². The first-order valence-corrected chi connectivity index (χ1v) is 11.7. The minimum absolute atomic E-state index is 0.0326. The van der Waals surface area contributed by atoms with Gasteiger partial charge in [0.05, 0.1) is 6.04 Å². The number of carbonyl (C=O) groups excluding carboxylic acids is 1. The number of hydrogen-bond donors (Lipinski definition) is 1. The van der Waals surface area contributed by atoms with Crippen molar-refractivity contribution in [3.05, 3.63) is 102 Å². The van der Waals surface area contributed by atoms with Crippen molar-refractivity contribution < 1.29 is 4.79 Å². The molecule has 0 saturated heterocycles. The van der Waals surface area contributed by atoms with Crippen molar-refractivity contribution in [2.75, 3.05) is 6.54 Å². The highest BCUT2D eigenvalue weighted by molar-refractivity contribution is 5.99. The number of nitrogens with zero attached hydrogens (tertiary/aromatic N) is 3. The molecule has 1 atom stereocenters. The summed E-state index contributed by atoms with van der Waals surface area (Å²) in [5, 5.41) is 1.06. The topological polar surface area (TPSA) is 53.9 Å². The summed E-state index contributed by atoms with van der Waals surface area (Å²) in [5.74, 6) is 0.0782. The maximum Gasteiger partial charge on any atom is 0.271 e. The van der Waals surface area contributed by atoms with Gasteiger partial charge in [-0.2, -0.15) is 0 Å². The number of fused-ring (bicyclic) bond motifs is 2. The lowest BCUT2D eigenvalue weighted by Crippen LogP contribution is -2.41. The van der Waals surface area contributed by atoms with E-state index in [1.165, 1.54) is 11.1 Å². The second kappa shape index (κ2) is 8.03. The number of aromatic nitrogens is 3. The number of hydrogen-bond acceptors (Lipinski definition) is 2. The zero-order chi connectivity index (χ0) is 23.2. The molecule has 1 aliphatic heterocycles. The van der Waals surface area contributed by atoms with E-state index < -0.39 is 0 Å². The molecule has 5 nitrogen and oxygen atoms in total. The molecule has 5 heteroatoms. The van der Waals surface area contributed by atoms with Crippen molar-refractivity contribution in [2.24, 2.45) is 0 Å². The SMILES string of the molecule is Cc1cccc([C@@H](C)N2CCn3cc(-c4c[nH]c5ncc(-c6ccccc6)cc45)cc3C2=O)c1. The zero-order valence-corrected chi connectivity index (χ0v) is 19.3. The largest absolute Gasteiger partial charge is 0.346 e. The number of aryl methyl sites for hydroxylation is 1. The Morgan fingerprint density at radius 3 is 2.62 bits per heavy atom. The molecule has 1 amide bonds. The number of benzene rings is 2. The van der Waals surface area contributed by atoms with Crippen LogP contribution in [0.4, 0.5) is 0 Å². The third kappa shape index (κ3) is 3.41. The first kappa shape index (κ1) is 20.5. The van der Waals surface area contributed by atoms with Crippen molar-refractivity contribution in [1.82, 2.24) is 19.4 Å². The van der Waals surface area contributed by atoms with Crippen LogP contribution in [-0.2, 0) is 6.54 Å². The summed E-state index contributed by atoms with van der Waals surface area (Å²) < 4.78 is 2.09. The summed E-state index contributed by atoms with van der Waals surface area (Å²) in [4.78, 5) is 23.4. The fourth-order valence-corrected chi connectivity index (χ4v) is 5.00. The Morgan fingerprint density at radius 1 is 0.941 bits per heavy atom. The normalized spacial score (nSPS) is 14.4. The summed E-state index contributed by atoms with van der Waals surface area (Å²) in [5.41, 5.74) is 8.28. The van der Waals surface area contributed by atoms with Crippen molar-refractivity contribution in [3.8, 4) is 22.3 Å². The van der Waals surface area contributed by atoms with Crippen LogP contribution >= 0.6 is 0 Å². The summed E-state index contributed by atoms with van der Waals surface area (Å²) in [6.07, 6.45) is 5.99. The van der Waals surface area contributed by atoms with E-state index in [9.17, 15) is 4.79 Å². The summed E-state index contributed by atoms with van der Waals surface area (Å²) in [6.45, 7) is 5.68. The Balaban J connectivity index is 1.35. The number of carbonyl (C=O) groups is 1. The van der Waals surface area contributed by atoms with Crippen LogP contribution in [0.15, 0.2) is 85.3 Å². The standard InChI is InChI=1S/C29H26N4O/c1-19-7-6-10-22(13-19)20(2)33-12-11-32-18-24(15-27(32)29(33)34)26-17-31-28-25(26)14-23(16-30-28)21-8-4-3-5-9-21/h3-10,13-18,20H,11-12H2,1-2H3,(H,30,31)/t20-/m1/s1.